The lowest BCUT2D eigenvalue weighted by molar-refractivity contribution is -0.889. The Kier molecular flexibility index (Phi) is 31.9. The summed E-state index contributed by atoms with van der Waals surface area (Å²) in [6, 6.07) is -0.745. The summed E-state index contributed by atoms with van der Waals surface area (Å²) in [6.07, 6.45) is 44.8. The van der Waals surface area contributed by atoms with Gasteiger partial charge in [0.05, 0.1) is 40.3 Å². The lowest BCUT2D eigenvalue weighted by atomic mass is 10.1. The van der Waals surface area contributed by atoms with E-state index in [1.807, 2.05) is 12.2 Å². The zero-order valence-electron chi connectivity index (χ0n) is 32.9. The van der Waals surface area contributed by atoms with Gasteiger partial charge >= 0.3 is 11.9 Å². The van der Waals surface area contributed by atoms with Gasteiger partial charge in [0.25, 0.3) is 0 Å². The number of carbonyl (C=O) groups is 3. The van der Waals surface area contributed by atoms with Gasteiger partial charge in [-0.3, -0.25) is 9.59 Å². The average molecular weight is 724 g/mol. The molecule has 0 aliphatic heterocycles. The average Bonchev–Trinajstić information content (AvgIpc) is 3.09. The van der Waals surface area contributed by atoms with Crippen LogP contribution >= 0.6 is 0 Å². The number of hydrogen-bond acceptors (Lipinski definition) is 7. The Morgan fingerprint density at radius 1 is 0.577 bits per heavy atom. The Morgan fingerprint density at radius 3 is 1.50 bits per heavy atom. The van der Waals surface area contributed by atoms with Gasteiger partial charge in [0.15, 0.2) is 6.10 Å². The summed E-state index contributed by atoms with van der Waals surface area (Å²) >= 11 is 0. The van der Waals surface area contributed by atoms with Gasteiger partial charge in [-0.15, -0.1) is 0 Å². The molecule has 2 atom stereocenters. The second kappa shape index (κ2) is 34.3. The molecule has 0 aromatic heterocycles. The third-order valence-electron chi connectivity index (χ3n) is 7.73. The molecule has 52 heavy (non-hydrogen) atoms. The van der Waals surface area contributed by atoms with E-state index >= 15 is 0 Å². The Balaban J connectivity index is 4.41. The summed E-state index contributed by atoms with van der Waals surface area (Å²) in [5.74, 6) is -1.91. The van der Waals surface area contributed by atoms with Crippen molar-refractivity contribution in [3.63, 3.8) is 0 Å². The summed E-state index contributed by atoms with van der Waals surface area (Å²) in [6.45, 7) is 4.24. The molecule has 0 saturated heterocycles. The minimum atomic E-state index is -1.15. The SMILES string of the molecule is CC/C=C/C/C=C/C/C=C/C/C=C/C/C=C/C/C=C/CCCCC(=O)OCC(COCCC(C(=O)[O-])[N+](C)(C)C)OC(=O)CC/C=C/C/C=C/CC. The maximum atomic E-state index is 12.5. The van der Waals surface area contributed by atoms with Gasteiger partial charge < -0.3 is 28.6 Å². The highest BCUT2D eigenvalue weighted by atomic mass is 16.6. The first kappa shape index (κ1) is 48.2. The molecular formula is C44H69NO7. The van der Waals surface area contributed by atoms with E-state index in [9.17, 15) is 19.5 Å². The molecule has 292 valence electrons. The zero-order valence-corrected chi connectivity index (χ0v) is 32.9. The van der Waals surface area contributed by atoms with E-state index in [0.717, 1.165) is 64.2 Å². The number of quaternary nitrogens is 1. The van der Waals surface area contributed by atoms with Crippen LogP contribution in [0.3, 0.4) is 0 Å². The molecule has 0 heterocycles. The van der Waals surface area contributed by atoms with Crippen LogP contribution in [-0.4, -0.2) is 75.5 Å². The number of carbonyl (C=O) groups excluding carboxylic acids is 3. The smallest absolute Gasteiger partial charge is 0.306 e. The van der Waals surface area contributed by atoms with Gasteiger partial charge in [0.2, 0.25) is 0 Å². The van der Waals surface area contributed by atoms with Crippen molar-refractivity contribution in [1.82, 2.24) is 0 Å². The number of carboxylic acid groups (broad SMARTS) is 1. The fourth-order valence-electron chi connectivity index (χ4n) is 4.78. The fourth-order valence-corrected chi connectivity index (χ4v) is 4.78. The maximum absolute atomic E-state index is 12.5. The minimum Gasteiger partial charge on any atom is -0.544 e. The number of nitrogens with zero attached hydrogens (tertiary/aromatic N) is 1. The molecule has 0 aromatic rings. The number of ether oxygens (including phenoxy) is 3. The van der Waals surface area contributed by atoms with E-state index in [2.05, 4.69) is 98.9 Å². The Bertz CT molecular complexity index is 1170. The summed E-state index contributed by atoms with van der Waals surface area (Å²) in [7, 11) is 5.34. The second-order valence-corrected chi connectivity index (χ2v) is 13.4. The van der Waals surface area contributed by atoms with Crippen molar-refractivity contribution in [1.29, 1.82) is 0 Å². The monoisotopic (exact) mass is 724 g/mol. The summed E-state index contributed by atoms with van der Waals surface area (Å²) in [4.78, 5) is 36.5. The van der Waals surface area contributed by atoms with E-state index in [4.69, 9.17) is 14.2 Å². The van der Waals surface area contributed by atoms with Crippen LogP contribution < -0.4 is 5.11 Å². The third kappa shape index (κ3) is 32.2. The highest BCUT2D eigenvalue weighted by molar-refractivity contribution is 5.70. The first-order valence-corrected chi connectivity index (χ1v) is 19.3. The molecule has 0 bridgehead atoms. The Labute approximate surface area is 316 Å². The van der Waals surface area contributed by atoms with E-state index in [1.165, 1.54) is 0 Å². The van der Waals surface area contributed by atoms with Crippen molar-refractivity contribution in [3.8, 4) is 0 Å². The minimum absolute atomic E-state index is 0.00370. The molecule has 0 N–H and O–H groups in total. The van der Waals surface area contributed by atoms with Gasteiger partial charge in [0, 0.05) is 19.3 Å². The number of likely N-dealkylation sites (N-methyl/N-ethyl adjacent to an activating group) is 1. The number of rotatable bonds is 32. The molecule has 0 rings (SSSR count). The highest BCUT2D eigenvalue weighted by Crippen LogP contribution is 2.10. The first-order valence-electron chi connectivity index (χ1n) is 19.3. The number of aliphatic carboxylic acids is 1. The van der Waals surface area contributed by atoms with Crippen molar-refractivity contribution in [3.05, 3.63) is 97.2 Å². The zero-order chi connectivity index (χ0) is 38.5. The van der Waals surface area contributed by atoms with Gasteiger partial charge in [-0.1, -0.05) is 111 Å². The van der Waals surface area contributed by atoms with Crippen molar-refractivity contribution >= 4 is 17.9 Å². The molecule has 0 fully saturated rings. The van der Waals surface area contributed by atoms with Crippen LogP contribution in [-0.2, 0) is 28.6 Å². The fraction of sp³-hybridized carbons (Fsp3) is 0.568. The third-order valence-corrected chi connectivity index (χ3v) is 7.73. The van der Waals surface area contributed by atoms with Crippen LogP contribution in [0.4, 0.5) is 0 Å². The van der Waals surface area contributed by atoms with Gasteiger partial charge in [-0.2, -0.15) is 0 Å². The number of unbranched alkanes of at least 4 members (excludes halogenated alkanes) is 2. The van der Waals surface area contributed by atoms with Crippen molar-refractivity contribution in [2.24, 2.45) is 0 Å². The maximum Gasteiger partial charge on any atom is 0.306 e. The molecule has 0 amide bonds. The molecule has 0 aliphatic rings. The van der Waals surface area contributed by atoms with Crippen molar-refractivity contribution in [2.75, 3.05) is 41.0 Å². The van der Waals surface area contributed by atoms with E-state index < -0.39 is 24.1 Å². The quantitative estimate of drug-likeness (QED) is 0.0297. The standard InChI is InChI=1S/C44H69NO7/c1-6-8-10-12-14-15-16-17-18-19-20-21-22-23-24-25-26-27-29-30-32-34-42(46)51-39-40(38-50-37-36-41(44(48)49)45(3,4)5)52-43(47)35-33-31-28-13-11-9-7-2/h8-11,14-15,17-18,20-21,23-24,26-28,31,40-41H,6-7,12-13,16,19,22,25,29-30,32-39H2,1-5H3/b10-8+,11-9+,15-14+,18-17+,21-20+,24-23+,27-26+,31-28+. The molecule has 8 nitrogen and oxygen atoms in total. The van der Waals surface area contributed by atoms with Crippen LogP contribution in [0.25, 0.3) is 0 Å². The molecule has 0 radical (unpaired) electrons. The molecule has 8 heteroatoms. The second-order valence-electron chi connectivity index (χ2n) is 13.4. The summed E-state index contributed by atoms with van der Waals surface area (Å²) in [5, 5.41) is 11.5. The molecule has 0 saturated carbocycles. The molecule has 0 aliphatic carbocycles. The first-order chi connectivity index (χ1) is 25.1. The van der Waals surface area contributed by atoms with Crippen LogP contribution in [0.5, 0.6) is 0 Å². The van der Waals surface area contributed by atoms with Crippen LogP contribution in [0.15, 0.2) is 97.2 Å². The predicted octanol–water partition coefficient (Wildman–Crippen LogP) is 8.62. The van der Waals surface area contributed by atoms with E-state index in [0.29, 0.717) is 12.8 Å². The van der Waals surface area contributed by atoms with Crippen LogP contribution in [0.2, 0.25) is 0 Å². The largest absolute Gasteiger partial charge is 0.544 e. The van der Waals surface area contributed by atoms with Crippen LogP contribution in [0, 0.1) is 0 Å². The molecular weight excluding hydrogens is 654 g/mol. The number of hydrogen-bond donors (Lipinski definition) is 0. The van der Waals surface area contributed by atoms with Gasteiger partial charge in [-0.25, -0.2) is 0 Å². The van der Waals surface area contributed by atoms with Crippen molar-refractivity contribution in [2.45, 2.75) is 122 Å². The predicted molar refractivity (Wildman–Crippen MR) is 212 cm³/mol. The number of carboxylic acids is 1. The number of esters is 2. The van der Waals surface area contributed by atoms with E-state index in [1.54, 1.807) is 21.1 Å². The Hall–Kier alpha value is -3.75. The lowest BCUT2D eigenvalue weighted by Gasteiger charge is -2.34. The topological polar surface area (TPSA) is 102 Å². The Morgan fingerprint density at radius 2 is 1.04 bits per heavy atom. The van der Waals surface area contributed by atoms with Gasteiger partial charge in [-0.05, 0) is 77.0 Å². The molecule has 2 unspecified atom stereocenters. The highest BCUT2D eigenvalue weighted by Gasteiger charge is 2.25. The summed E-state index contributed by atoms with van der Waals surface area (Å²) in [5.41, 5.74) is 0. The molecule has 0 aromatic carbocycles. The van der Waals surface area contributed by atoms with Gasteiger partial charge in [0.1, 0.15) is 12.6 Å². The van der Waals surface area contributed by atoms with E-state index in [-0.39, 0.29) is 49.5 Å². The van der Waals surface area contributed by atoms with Crippen molar-refractivity contribution < 1.29 is 38.2 Å². The summed E-state index contributed by atoms with van der Waals surface area (Å²) < 4.78 is 16.9. The number of allylic oxidation sites excluding steroid dienone is 16. The lowest BCUT2D eigenvalue weighted by Crippen LogP contribution is -2.55. The molecule has 0 spiro atoms. The normalized spacial score (nSPS) is 14.1. The van der Waals surface area contributed by atoms with Crippen LogP contribution in [0.1, 0.15) is 110 Å².